The molecule has 5 heteroatoms. The van der Waals surface area contributed by atoms with Crippen molar-refractivity contribution in [1.82, 2.24) is 5.32 Å². The fourth-order valence-electron chi connectivity index (χ4n) is 6.09. The molecule has 0 heterocycles. The minimum absolute atomic E-state index is 0.168. The van der Waals surface area contributed by atoms with Gasteiger partial charge < -0.3 is 14.8 Å². The summed E-state index contributed by atoms with van der Waals surface area (Å²) in [6.07, 6.45) is 8.56. The molecule has 1 N–H and O–H groups in total. The van der Waals surface area contributed by atoms with Gasteiger partial charge in [0.05, 0.1) is 13.7 Å². The second kappa shape index (κ2) is 8.37. The molecule has 29 heavy (non-hydrogen) atoms. The summed E-state index contributed by atoms with van der Waals surface area (Å²) in [4.78, 5) is 12.9. The summed E-state index contributed by atoms with van der Waals surface area (Å²) in [6.45, 7) is 4.61. The van der Waals surface area contributed by atoms with Gasteiger partial charge in [0, 0.05) is 29.0 Å². The molecule has 1 aromatic rings. The van der Waals surface area contributed by atoms with Crippen molar-refractivity contribution in [3.63, 3.8) is 0 Å². The number of hydrogen-bond acceptors (Lipinski definition) is 3. The van der Waals surface area contributed by atoms with Crippen molar-refractivity contribution in [2.75, 3.05) is 13.7 Å². The van der Waals surface area contributed by atoms with E-state index < -0.39 is 0 Å². The van der Waals surface area contributed by atoms with E-state index >= 15 is 0 Å². The average Bonchev–Trinajstić information content (AvgIpc) is 2.80. The molecule has 1 aromatic carbocycles. The molecule has 5 unspecified atom stereocenters. The lowest BCUT2D eigenvalue weighted by Gasteiger charge is -2.31. The number of amides is 1. The number of halogens is 1. The van der Waals surface area contributed by atoms with Crippen LogP contribution in [0.15, 0.2) is 18.2 Å². The number of benzene rings is 1. The van der Waals surface area contributed by atoms with Crippen LogP contribution in [0.2, 0.25) is 5.02 Å². The van der Waals surface area contributed by atoms with Crippen LogP contribution in [0.3, 0.4) is 0 Å². The van der Waals surface area contributed by atoms with Crippen LogP contribution in [-0.2, 0) is 4.79 Å². The summed E-state index contributed by atoms with van der Waals surface area (Å²) in [5.74, 6) is 4.59. The van der Waals surface area contributed by atoms with Gasteiger partial charge in [-0.25, -0.2) is 0 Å². The van der Waals surface area contributed by atoms with Crippen LogP contribution < -0.4 is 14.8 Å². The summed E-state index contributed by atoms with van der Waals surface area (Å²) in [5, 5.41) is 4.06. The molecule has 4 nitrogen and oxygen atoms in total. The average molecular weight is 420 g/mol. The number of hydrogen-bond donors (Lipinski definition) is 1. The lowest BCUT2D eigenvalue weighted by Crippen LogP contribution is -2.44. The monoisotopic (exact) mass is 419 g/mol. The van der Waals surface area contributed by atoms with Gasteiger partial charge in [-0.15, -0.1) is 0 Å². The quantitative estimate of drug-likeness (QED) is 0.637. The topological polar surface area (TPSA) is 47.6 Å². The third kappa shape index (κ3) is 4.68. The number of carbonyl (C=O) groups excluding carboxylic acids is 1. The van der Waals surface area contributed by atoms with Gasteiger partial charge in [0.25, 0.3) is 0 Å². The first-order valence-corrected chi connectivity index (χ1v) is 11.5. The lowest BCUT2D eigenvalue weighted by atomic mass is 9.79. The molecule has 0 saturated heterocycles. The van der Waals surface area contributed by atoms with Gasteiger partial charge in [-0.1, -0.05) is 38.3 Å². The van der Waals surface area contributed by atoms with Gasteiger partial charge in [0.15, 0.2) is 11.5 Å². The van der Waals surface area contributed by atoms with Crippen LogP contribution in [0, 0.1) is 29.1 Å². The number of methoxy groups -OCH3 is 1. The molecule has 0 radical (unpaired) electrons. The molecule has 3 fully saturated rings. The summed E-state index contributed by atoms with van der Waals surface area (Å²) in [7, 11) is 1.60. The summed E-state index contributed by atoms with van der Waals surface area (Å²) in [5.41, 5.74) is -0.266. The maximum Gasteiger partial charge on any atom is 0.220 e. The van der Waals surface area contributed by atoms with Crippen LogP contribution >= 0.6 is 11.6 Å². The Morgan fingerprint density at radius 3 is 2.76 bits per heavy atom. The van der Waals surface area contributed by atoms with E-state index in [9.17, 15) is 4.79 Å². The van der Waals surface area contributed by atoms with E-state index in [1.807, 2.05) is 6.07 Å². The molecule has 4 rings (SSSR count). The number of fused-ring (bicyclic) bond motifs is 2. The van der Waals surface area contributed by atoms with Crippen LogP contribution in [0.5, 0.6) is 11.5 Å². The zero-order valence-electron chi connectivity index (χ0n) is 17.9. The predicted octanol–water partition coefficient (Wildman–Crippen LogP) is 5.47. The molecular weight excluding hydrogens is 386 g/mol. The third-order valence-electron chi connectivity index (χ3n) is 7.31. The minimum Gasteiger partial charge on any atom is -0.493 e. The minimum atomic E-state index is -0.266. The second-order valence-electron chi connectivity index (χ2n) is 10.2. The zero-order chi connectivity index (χ0) is 20.6. The van der Waals surface area contributed by atoms with Gasteiger partial charge in [-0.05, 0) is 61.5 Å². The summed E-state index contributed by atoms with van der Waals surface area (Å²) in [6, 6.07) is 5.74. The SMILES string of the molecule is COc1cc(Cl)ccc1OCC(C)(C)CC(=O)NC1C2CC3CCCC1C(C3)C2. The fraction of sp³-hybridized carbons (Fsp3) is 0.708. The van der Waals surface area contributed by atoms with Crippen molar-refractivity contribution in [2.45, 2.75) is 64.8 Å². The lowest BCUT2D eigenvalue weighted by molar-refractivity contribution is -0.124. The van der Waals surface area contributed by atoms with Crippen LogP contribution in [0.1, 0.15) is 58.8 Å². The van der Waals surface area contributed by atoms with Gasteiger partial charge >= 0.3 is 0 Å². The predicted molar refractivity (Wildman–Crippen MR) is 115 cm³/mol. The highest BCUT2D eigenvalue weighted by molar-refractivity contribution is 6.30. The maximum absolute atomic E-state index is 12.9. The molecule has 3 saturated carbocycles. The standard InChI is InChI=1S/C24H34ClNO3/c1-24(2,14-29-20-8-7-18(25)12-21(20)28-3)13-22(27)26-23-17-10-15-5-4-6-19(23)16(9-15)11-17/h7-8,12,15-17,19,23H,4-6,9-11,13-14H2,1-3H3,(H,26,27). The van der Waals surface area contributed by atoms with Crippen molar-refractivity contribution in [3.8, 4) is 11.5 Å². The molecule has 0 aliphatic heterocycles. The van der Waals surface area contributed by atoms with Gasteiger partial charge in [0.2, 0.25) is 5.91 Å². The Morgan fingerprint density at radius 1 is 1.17 bits per heavy atom. The van der Waals surface area contributed by atoms with Crippen molar-refractivity contribution >= 4 is 17.5 Å². The molecular formula is C24H34ClNO3. The maximum atomic E-state index is 12.9. The Hall–Kier alpha value is -1.42. The highest BCUT2D eigenvalue weighted by Crippen LogP contribution is 2.53. The summed E-state index contributed by atoms with van der Waals surface area (Å²) >= 11 is 6.02. The first-order chi connectivity index (χ1) is 13.8. The van der Waals surface area contributed by atoms with E-state index in [1.165, 1.54) is 38.5 Å². The van der Waals surface area contributed by atoms with Gasteiger partial charge in [-0.3, -0.25) is 4.79 Å². The molecule has 0 aromatic heterocycles. The van der Waals surface area contributed by atoms with Crippen LogP contribution in [0.4, 0.5) is 0 Å². The number of nitrogens with one attached hydrogen (secondary N) is 1. The van der Waals surface area contributed by atoms with Crippen molar-refractivity contribution in [3.05, 3.63) is 23.2 Å². The summed E-state index contributed by atoms with van der Waals surface area (Å²) < 4.78 is 11.3. The van der Waals surface area contributed by atoms with E-state index in [-0.39, 0.29) is 11.3 Å². The van der Waals surface area contributed by atoms with E-state index in [0.29, 0.717) is 47.4 Å². The smallest absolute Gasteiger partial charge is 0.220 e. The van der Waals surface area contributed by atoms with Crippen molar-refractivity contribution in [2.24, 2.45) is 29.1 Å². The van der Waals surface area contributed by atoms with E-state index in [0.717, 1.165) is 11.8 Å². The highest BCUT2D eigenvalue weighted by Gasteiger charge is 2.49. The van der Waals surface area contributed by atoms with E-state index in [1.54, 1.807) is 19.2 Å². The van der Waals surface area contributed by atoms with Gasteiger partial charge in [-0.2, -0.15) is 0 Å². The Bertz CT molecular complexity index is 750. The molecule has 1 amide bonds. The van der Waals surface area contributed by atoms with Crippen molar-refractivity contribution in [1.29, 1.82) is 0 Å². The largest absolute Gasteiger partial charge is 0.493 e. The van der Waals surface area contributed by atoms with Crippen molar-refractivity contribution < 1.29 is 14.3 Å². The first-order valence-electron chi connectivity index (χ1n) is 11.1. The van der Waals surface area contributed by atoms with E-state index in [2.05, 4.69) is 19.2 Å². The highest BCUT2D eigenvalue weighted by atomic mass is 35.5. The fourth-order valence-corrected chi connectivity index (χ4v) is 6.26. The van der Waals surface area contributed by atoms with E-state index in [4.69, 9.17) is 21.1 Å². The number of rotatable bonds is 7. The normalized spacial score (nSPS) is 30.7. The third-order valence-corrected chi connectivity index (χ3v) is 7.55. The molecule has 3 aliphatic rings. The van der Waals surface area contributed by atoms with Crippen LogP contribution in [-0.4, -0.2) is 25.7 Å². The van der Waals surface area contributed by atoms with Gasteiger partial charge in [0.1, 0.15) is 0 Å². The van der Waals surface area contributed by atoms with Crippen LogP contribution in [0.25, 0.3) is 0 Å². The Balaban J connectivity index is 1.33. The first kappa shape index (κ1) is 20.8. The second-order valence-corrected chi connectivity index (χ2v) is 10.6. The number of ether oxygens (including phenoxy) is 2. The molecule has 3 bridgehead atoms. The molecule has 0 spiro atoms. The molecule has 3 aliphatic carbocycles. The molecule has 160 valence electrons. The number of carbonyl (C=O) groups is 1. The Kier molecular flexibility index (Phi) is 6.02. The Morgan fingerprint density at radius 2 is 1.97 bits per heavy atom. The molecule has 5 atom stereocenters. The Labute approximate surface area is 179 Å². The zero-order valence-corrected chi connectivity index (χ0v) is 18.6.